The molecule has 26 heavy (non-hydrogen) atoms. The smallest absolute Gasteiger partial charge is 0.0436 e. The van der Waals surface area contributed by atoms with E-state index in [2.05, 4.69) is 19.1 Å². The van der Waals surface area contributed by atoms with E-state index in [-0.39, 0.29) is 18.6 Å². The highest BCUT2D eigenvalue weighted by Crippen LogP contribution is 2.32. The van der Waals surface area contributed by atoms with Crippen LogP contribution in [-0.2, 0) is 0 Å². The van der Waals surface area contributed by atoms with Crippen molar-refractivity contribution in [2.24, 2.45) is 5.41 Å². The summed E-state index contributed by atoms with van der Waals surface area (Å²) in [5.41, 5.74) is 0.121. The number of halogens is 1. The molecule has 0 aliphatic carbocycles. The Labute approximate surface area is 168 Å². The molecule has 0 bridgehead atoms. The monoisotopic (exact) mass is 388 g/mol. The zero-order valence-electron chi connectivity index (χ0n) is 17.4. The minimum absolute atomic E-state index is 0.121. The molecule has 2 N–H and O–H groups in total. The van der Waals surface area contributed by atoms with Crippen molar-refractivity contribution in [2.45, 2.75) is 110 Å². The van der Waals surface area contributed by atoms with Gasteiger partial charge in [0.25, 0.3) is 0 Å². The van der Waals surface area contributed by atoms with Crippen LogP contribution in [0.5, 0.6) is 0 Å². The molecule has 0 aromatic heterocycles. The summed E-state index contributed by atoms with van der Waals surface area (Å²) in [5, 5.41) is 18.3. The zero-order chi connectivity index (χ0) is 19.3. The maximum Gasteiger partial charge on any atom is 0.0436 e. The molecule has 0 amide bonds. The highest BCUT2D eigenvalue weighted by Gasteiger charge is 2.22. The highest BCUT2D eigenvalue weighted by molar-refractivity contribution is 6.17. The summed E-state index contributed by atoms with van der Waals surface area (Å²) < 4.78 is 0. The standard InChI is InChI=1S/C23H45ClO2/c1-23(18-21-25,19-22-26)17-15-13-11-9-7-5-3-2-4-6-8-10-12-14-16-20-24/h2-3,25-26H,4-22H2,1H3/b3-2-. The Morgan fingerprint density at radius 1 is 0.615 bits per heavy atom. The van der Waals surface area contributed by atoms with Crippen molar-refractivity contribution >= 4 is 11.6 Å². The molecule has 0 radical (unpaired) electrons. The summed E-state index contributed by atoms with van der Waals surface area (Å²) in [6.07, 6.45) is 24.2. The first-order chi connectivity index (χ1) is 12.7. The van der Waals surface area contributed by atoms with Gasteiger partial charge >= 0.3 is 0 Å². The molecule has 2 nitrogen and oxygen atoms in total. The summed E-state index contributed by atoms with van der Waals surface area (Å²) in [5.74, 6) is 0.815. The van der Waals surface area contributed by atoms with Gasteiger partial charge in [0.05, 0.1) is 0 Å². The van der Waals surface area contributed by atoms with Crippen LogP contribution in [0.1, 0.15) is 110 Å². The Morgan fingerprint density at radius 3 is 1.50 bits per heavy atom. The lowest BCUT2D eigenvalue weighted by Crippen LogP contribution is -2.19. The largest absolute Gasteiger partial charge is 0.396 e. The molecule has 0 rings (SSSR count). The van der Waals surface area contributed by atoms with E-state index in [9.17, 15) is 10.2 Å². The lowest BCUT2D eigenvalue weighted by molar-refractivity contribution is 0.137. The van der Waals surface area contributed by atoms with Crippen LogP contribution in [0.15, 0.2) is 12.2 Å². The molecule has 0 aromatic carbocycles. The molecule has 3 heteroatoms. The summed E-state index contributed by atoms with van der Waals surface area (Å²) in [6.45, 7) is 2.66. The van der Waals surface area contributed by atoms with E-state index >= 15 is 0 Å². The molecule has 0 aliphatic rings. The van der Waals surface area contributed by atoms with Crippen molar-refractivity contribution in [1.29, 1.82) is 0 Å². The Bertz CT molecular complexity index is 299. The first kappa shape index (κ1) is 26.0. The predicted octanol–water partition coefficient (Wildman–Crippen LogP) is 7.01. The second kappa shape index (κ2) is 19.7. The van der Waals surface area contributed by atoms with Crippen LogP contribution in [0.4, 0.5) is 0 Å². The fraction of sp³-hybridized carbons (Fsp3) is 0.913. The van der Waals surface area contributed by atoms with Gasteiger partial charge in [0, 0.05) is 19.1 Å². The topological polar surface area (TPSA) is 40.5 Å². The van der Waals surface area contributed by atoms with Crippen molar-refractivity contribution in [1.82, 2.24) is 0 Å². The third-order valence-electron chi connectivity index (χ3n) is 5.50. The van der Waals surface area contributed by atoms with Gasteiger partial charge in [-0.2, -0.15) is 0 Å². The fourth-order valence-electron chi connectivity index (χ4n) is 3.56. The van der Waals surface area contributed by atoms with E-state index in [4.69, 9.17) is 11.6 Å². The molecule has 0 fully saturated rings. The molecular weight excluding hydrogens is 344 g/mol. The number of aliphatic hydroxyl groups is 2. The van der Waals surface area contributed by atoms with Gasteiger partial charge in [-0.05, 0) is 56.8 Å². The van der Waals surface area contributed by atoms with Gasteiger partial charge in [0.1, 0.15) is 0 Å². The van der Waals surface area contributed by atoms with Gasteiger partial charge in [-0.25, -0.2) is 0 Å². The average molecular weight is 389 g/mol. The molecule has 0 aromatic rings. The molecular formula is C23H45ClO2. The van der Waals surface area contributed by atoms with Crippen LogP contribution in [-0.4, -0.2) is 29.3 Å². The van der Waals surface area contributed by atoms with Crippen LogP contribution >= 0.6 is 11.6 Å². The number of unbranched alkanes of at least 4 members (excludes halogenated alkanes) is 11. The Balaban J connectivity index is 3.37. The molecule has 0 saturated carbocycles. The Kier molecular flexibility index (Phi) is 19.7. The van der Waals surface area contributed by atoms with Gasteiger partial charge in [0.2, 0.25) is 0 Å². The molecule has 156 valence electrons. The molecule has 0 heterocycles. The van der Waals surface area contributed by atoms with Gasteiger partial charge < -0.3 is 10.2 Å². The summed E-state index contributed by atoms with van der Waals surface area (Å²) in [6, 6.07) is 0. The lowest BCUT2D eigenvalue weighted by Gasteiger charge is -2.28. The third-order valence-corrected chi connectivity index (χ3v) is 5.77. The Hall–Kier alpha value is -0.0500. The maximum atomic E-state index is 9.17. The molecule has 0 atom stereocenters. The quantitative estimate of drug-likeness (QED) is 0.134. The highest BCUT2D eigenvalue weighted by atomic mass is 35.5. The van der Waals surface area contributed by atoms with E-state index in [0.29, 0.717) is 0 Å². The van der Waals surface area contributed by atoms with Crippen LogP contribution in [0, 0.1) is 5.41 Å². The molecule has 0 unspecified atom stereocenters. The average Bonchev–Trinajstić information content (AvgIpc) is 2.62. The van der Waals surface area contributed by atoms with Crippen molar-refractivity contribution in [3.63, 3.8) is 0 Å². The van der Waals surface area contributed by atoms with Gasteiger partial charge in [-0.1, -0.05) is 70.4 Å². The van der Waals surface area contributed by atoms with E-state index in [1.54, 1.807) is 0 Å². The molecule has 0 saturated heterocycles. The van der Waals surface area contributed by atoms with Crippen LogP contribution < -0.4 is 0 Å². The first-order valence-corrected chi connectivity index (χ1v) is 11.6. The number of hydrogen-bond donors (Lipinski definition) is 2. The number of hydrogen-bond acceptors (Lipinski definition) is 2. The van der Waals surface area contributed by atoms with Gasteiger partial charge in [-0.3, -0.25) is 0 Å². The second-order valence-corrected chi connectivity index (χ2v) is 8.51. The summed E-state index contributed by atoms with van der Waals surface area (Å²) >= 11 is 5.68. The lowest BCUT2D eigenvalue weighted by atomic mass is 9.79. The molecule has 0 spiro atoms. The van der Waals surface area contributed by atoms with Crippen LogP contribution in [0.25, 0.3) is 0 Å². The zero-order valence-corrected chi connectivity index (χ0v) is 18.1. The van der Waals surface area contributed by atoms with Crippen molar-refractivity contribution in [2.75, 3.05) is 19.1 Å². The van der Waals surface area contributed by atoms with Gasteiger partial charge in [-0.15, -0.1) is 11.6 Å². The minimum atomic E-state index is 0.121. The van der Waals surface area contributed by atoms with Crippen LogP contribution in [0.3, 0.4) is 0 Å². The van der Waals surface area contributed by atoms with Gasteiger partial charge in [0.15, 0.2) is 0 Å². The van der Waals surface area contributed by atoms with Crippen molar-refractivity contribution < 1.29 is 10.2 Å². The summed E-state index contributed by atoms with van der Waals surface area (Å²) in [7, 11) is 0. The van der Waals surface area contributed by atoms with Crippen molar-refractivity contribution in [3.05, 3.63) is 12.2 Å². The normalized spacial score (nSPS) is 12.3. The Morgan fingerprint density at radius 2 is 1.04 bits per heavy atom. The molecule has 0 aliphatic heterocycles. The fourth-order valence-corrected chi connectivity index (χ4v) is 3.75. The predicted molar refractivity (Wildman–Crippen MR) is 116 cm³/mol. The minimum Gasteiger partial charge on any atom is -0.396 e. The summed E-state index contributed by atoms with van der Waals surface area (Å²) in [4.78, 5) is 0. The first-order valence-electron chi connectivity index (χ1n) is 11.1. The van der Waals surface area contributed by atoms with E-state index < -0.39 is 0 Å². The SMILES string of the molecule is CC(CCO)(CCO)CCCCCCC/C=C\CCCCCCCCCl. The van der Waals surface area contributed by atoms with Crippen LogP contribution in [0.2, 0.25) is 0 Å². The number of allylic oxidation sites excluding steroid dienone is 2. The van der Waals surface area contributed by atoms with E-state index in [0.717, 1.165) is 25.1 Å². The number of aliphatic hydroxyl groups excluding tert-OH is 2. The van der Waals surface area contributed by atoms with E-state index in [1.807, 2.05) is 0 Å². The maximum absolute atomic E-state index is 9.17. The van der Waals surface area contributed by atoms with Crippen molar-refractivity contribution in [3.8, 4) is 0 Å². The third kappa shape index (κ3) is 17.4. The second-order valence-electron chi connectivity index (χ2n) is 8.13. The number of rotatable bonds is 20. The number of alkyl halides is 1. The van der Waals surface area contributed by atoms with E-state index in [1.165, 1.54) is 83.5 Å².